The van der Waals surface area contributed by atoms with Gasteiger partial charge < -0.3 is 4.57 Å². The van der Waals surface area contributed by atoms with Crippen LogP contribution in [0.2, 0.25) is 0 Å². The van der Waals surface area contributed by atoms with Gasteiger partial charge in [0.2, 0.25) is 0 Å². The topological polar surface area (TPSA) is 4.93 Å². The zero-order chi connectivity index (χ0) is 9.10. The van der Waals surface area contributed by atoms with Crippen LogP contribution in [0.4, 0.5) is 0 Å². The number of aromatic nitrogens is 1. The lowest BCUT2D eigenvalue weighted by Crippen LogP contribution is -1.93. The van der Waals surface area contributed by atoms with Gasteiger partial charge in [-0.1, -0.05) is 30.3 Å². The molecule has 0 spiro atoms. The molecule has 1 heteroatoms. The van der Waals surface area contributed by atoms with E-state index in [4.69, 9.17) is 0 Å². The van der Waals surface area contributed by atoms with Crippen LogP contribution in [0.15, 0.2) is 48.7 Å². The molecule has 13 heavy (non-hydrogen) atoms. The first-order valence-electron chi connectivity index (χ1n) is 4.37. The second-order valence-corrected chi connectivity index (χ2v) is 3.10. The van der Waals surface area contributed by atoms with Crippen LogP contribution in [0.5, 0.6) is 0 Å². The Kier molecular flexibility index (Phi) is 2.17. The van der Waals surface area contributed by atoms with Gasteiger partial charge in [0, 0.05) is 25.4 Å². The van der Waals surface area contributed by atoms with Crippen molar-refractivity contribution in [2.75, 3.05) is 0 Å². The van der Waals surface area contributed by atoms with Crippen LogP contribution >= 0.6 is 0 Å². The summed E-state index contributed by atoms with van der Waals surface area (Å²) in [6.45, 7) is 0. The van der Waals surface area contributed by atoms with Gasteiger partial charge in [-0.3, -0.25) is 0 Å². The highest BCUT2D eigenvalue weighted by Crippen LogP contribution is 2.10. The smallest absolute Gasteiger partial charge is 0.0366 e. The summed E-state index contributed by atoms with van der Waals surface area (Å²) >= 11 is 0. The van der Waals surface area contributed by atoms with Gasteiger partial charge >= 0.3 is 0 Å². The Morgan fingerprint density at radius 1 is 1.00 bits per heavy atom. The summed E-state index contributed by atoms with van der Waals surface area (Å²) in [6.07, 6.45) is 4.22. The third-order valence-corrected chi connectivity index (χ3v) is 2.10. The summed E-state index contributed by atoms with van der Waals surface area (Å²) < 4.78 is 2.10. The molecule has 0 bridgehead atoms. The average molecular weight is 170 g/mol. The Morgan fingerprint density at radius 3 is 2.38 bits per heavy atom. The Bertz CT molecular complexity index is 373. The highest BCUT2D eigenvalue weighted by Gasteiger charge is 1.98. The lowest BCUT2D eigenvalue weighted by Gasteiger charge is -2.02. The molecule has 0 unspecified atom stereocenters. The van der Waals surface area contributed by atoms with Gasteiger partial charge in [0.05, 0.1) is 0 Å². The quantitative estimate of drug-likeness (QED) is 0.653. The molecular formula is C12H12N. The maximum Gasteiger partial charge on any atom is 0.0366 e. The van der Waals surface area contributed by atoms with Crippen LogP contribution in [0.1, 0.15) is 11.3 Å². The minimum Gasteiger partial charge on any atom is -0.354 e. The molecule has 1 aromatic heterocycles. The van der Waals surface area contributed by atoms with Crippen molar-refractivity contribution >= 4 is 0 Å². The highest BCUT2D eigenvalue weighted by atomic mass is 14.9. The maximum atomic E-state index is 2.17. The van der Waals surface area contributed by atoms with E-state index in [1.54, 1.807) is 0 Å². The van der Waals surface area contributed by atoms with Crippen molar-refractivity contribution < 1.29 is 0 Å². The summed E-state index contributed by atoms with van der Waals surface area (Å²) in [5.74, 6) is 0. The predicted octanol–water partition coefficient (Wildman–Crippen LogP) is 2.63. The molecule has 0 fully saturated rings. The number of hydrogen-bond donors (Lipinski definition) is 0. The zero-order valence-corrected chi connectivity index (χ0v) is 7.64. The molecule has 1 radical (unpaired) electrons. The highest BCUT2D eigenvalue weighted by molar-refractivity contribution is 5.33. The molecule has 0 aliphatic carbocycles. The summed E-state index contributed by atoms with van der Waals surface area (Å²) in [5, 5.41) is 0. The fourth-order valence-corrected chi connectivity index (χ4v) is 1.34. The lowest BCUT2D eigenvalue weighted by atomic mass is 10.1. The zero-order valence-electron chi connectivity index (χ0n) is 7.64. The molecule has 65 valence electrons. The second kappa shape index (κ2) is 3.48. The van der Waals surface area contributed by atoms with Crippen molar-refractivity contribution in [2.24, 2.45) is 7.05 Å². The molecule has 0 saturated heterocycles. The van der Waals surface area contributed by atoms with Crippen molar-refractivity contribution in [3.05, 3.63) is 66.3 Å². The first-order valence-corrected chi connectivity index (χ1v) is 4.37. The van der Waals surface area contributed by atoms with E-state index in [2.05, 4.69) is 60.6 Å². The van der Waals surface area contributed by atoms with Crippen molar-refractivity contribution in [2.45, 2.75) is 0 Å². The van der Waals surface area contributed by atoms with Gasteiger partial charge in [-0.05, 0) is 17.7 Å². The fraction of sp³-hybridized carbons (Fsp3) is 0.0833. The number of benzene rings is 1. The molecule has 2 aromatic rings. The Labute approximate surface area is 78.6 Å². The number of nitrogens with zero attached hydrogens (tertiary/aromatic N) is 1. The molecule has 2 rings (SSSR count). The van der Waals surface area contributed by atoms with E-state index in [0.717, 1.165) is 0 Å². The van der Waals surface area contributed by atoms with Gasteiger partial charge in [0.15, 0.2) is 0 Å². The van der Waals surface area contributed by atoms with Crippen molar-refractivity contribution in [3.63, 3.8) is 0 Å². The SMILES string of the molecule is Cn1cccc1[CH]c1ccccc1. The molecule has 0 saturated carbocycles. The Balaban J connectivity index is 2.20. The van der Waals surface area contributed by atoms with E-state index in [0.29, 0.717) is 0 Å². The fourth-order valence-electron chi connectivity index (χ4n) is 1.34. The largest absolute Gasteiger partial charge is 0.354 e. The first-order chi connectivity index (χ1) is 6.36. The predicted molar refractivity (Wildman–Crippen MR) is 54.4 cm³/mol. The summed E-state index contributed by atoms with van der Waals surface area (Å²) in [4.78, 5) is 0. The van der Waals surface area contributed by atoms with E-state index in [1.807, 2.05) is 6.07 Å². The molecule has 0 aliphatic heterocycles. The molecule has 1 aromatic carbocycles. The normalized spacial score (nSPS) is 10.2. The number of hydrogen-bond acceptors (Lipinski definition) is 0. The summed E-state index contributed by atoms with van der Waals surface area (Å²) in [5.41, 5.74) is 2.47. The number of rotatable bonds is 2. The van der Waals surface area contributed by atoms with E-state index in [-0.39, 0.29) is 0 Å². The van der Waals surface area contributed by atoms with Crippen LogP contribution in [0.3, 0.4) is 0 Å². The third-order valence-electron chi connectivity index (χ3n) is 2.10. The van der Waals surface area contributed by atoms with Crippen molar-refractivity contribution in [1.82, 2.24) is 4.57 Å². The van der Waals surface area contributed by atoms with E-state index >= 15 is 0 Å². The van der Waals surface area contributed by atoms with Crippen LogP contribution in [0.25, 0.3) is 0 Å². The maximum absolute atomic E-state index is 2.17. The third kappa shape index (κ3) is 1.81. The molecule has 0 aliphatic rings. The van der Waals surface area contributed by atoms with Gasteiger partial charge in [0.1, 0.15) is 0 Å². The van der Waals surface area contributed by atoms with Crippen molar-refractivity contribution in [1.29, 1.82) is 0 Å². The molecule has 1 heterocycles. The van der Waals surface area contributed by atoms with Gasteiger partial charge in [-0.2, -0.15) is 0 Å². The standard InChI is InChI=1S/C12H12N/c1-13-9-5-8-12(13)10-11-6-3-2-4-7-11/h2-10H,1H3. The molecule has 0 atom stereocenters. The van der Waals surface area contributed by atoms with Crippen LogP contribution in [0, 0.1) is 6.42 Å². The monoisotopic (exact) mass is 170 g/mol. The lowest BCUT2D eigenvalue weighted by molar-refractivity contribution is 0.893. The Morgan fingerprint density at radius 2 is 1.77 bits per heavy atom. The van der Waals surface area contributed by atoms with Crippen LogP contribution in [-0.4, -0.2) is 4.57 Å². The summed E-state index contributed by atoms with van der Waals surface area (Å²) in [6, 6.07) is 14.5. The molecule has 0 N–H and O–H groups in total. The summed E-state index contributed by atoms with van der Waals surface area (Å²) in [7, 11) is 2.05. The minimum atomic E-state index is 1.23. The first kappa shape index (κ1) is 8.11. The Hall–Kier alpha value is -1.50. The van der Waals surface area contributed by atoms with Gasteiger partial charge in [-0.15, -0.1) is 0 Å². The van der Waals surface area contributed by atoms with Gasteiger partial charge in [0.25, 0.3) is 0 Å². The van der Waals surface area contributed by atoms with Crippen LogP contribution in [-0.2, 0) is 7.05 Å². The van der Waals surface area contributed by atoms with E-state index < -0.39 is 0 Å². The minimum absolute atomic E-state index is 1.23. The average Bonchev–Trinajstić information content (AvgIpc) is 2.54. The van der Waals surface area contributed by atoms with Gasteiger partial charge in [-0.25, -0.2) is 0 Å². The van der Waals surface area contributed by atoms with Crippen molar-refractivity contribution in [3.8, 4) is 0 Å². The molecule has 0 amide bonds. The molecule has 1 nitrogen and oxygen atoms in total. The van der Waals surface area contributed by atoms with E-state index in [1.165, 1.54) is 11.3 Å². The molecular weight excluding hydrogens is 158 g/mol. The van der Waals surface area contributed by atoms with Crippen LogP contribution < -0.4 is 0 Å². The second-order valence-electron chi connectivity index (χ2n) is 3.10. The van der Waals surface area contributed by atoms with E-state index in [9.17, 15) is 0 Å². The number of aryl methyl sites for hydroxylation is 1.